The summed E-state index contributed by atoms with van der Waals surface area (Å²) >= 11 is 0. The monoisotopic (exact) mass is 525 g/mol. The summed E-state index contributed by atoms with van der Waals surface area (Å²) in [6, 6.07) is 0. The molecule has 1 amide bonds. The Balaban J connectivity index is 1.40. The number of allylic oxidation sites excluding steroid dienone is 4. The fraction of sp³-hybridized carbons (Fsp3) is 0.727. The van der Waals surface area contributed by atoms with Gasteiger partial charge in [-0.15, -0.1) is 0 Å². The molecule has 4 N–H and O–H groups in total. The Morgan fingerprint density at radius 3 is 2.63 bits per heavy atom. The molecule has 0 radical (unpaired) electrons. The second-order valence-electron chi connectivity index (χ2n) is 13.0. The molecule has 0 aliphatic heterocycles. The summed E-state index contributed by atoms with van der Waals surface area (Å²) in [5, 5.41) is 34.4. The molecule has 2 unspecified atom stereocenters. The third kappa shape index (κ3) is 6.05. The number of aliphatic hydroxyl groups excluding tert-OH is 3. The van der Waals surface area contributed by atoms with E-state index in [-0.39, 0.29) is 11.3 Å². The summed E-state index contributed by atoms with van der Waals surface area (Å²) in [6.07, 6.45) is 18.1. The highest BCUT2D eigenvalue weighted by Crippen LogP contribution is 2.59. The van der Waals surface area contributed by atoms with Crippen LogP contribution >= 0.6 is 0 Å². The molecule has 5 heteroatoms. The number of carbonyl (C=O) groups is 1. The summed E-state index contributed by atoms with van der Waals surface area (Å²) in [5.41, 5.74) is 2.80. The Morgan fingerprint density at radius 2 is 1.92 bits per heavy atom. The number of nitrogens with one attached hydrogen (secondary N) is 1. The van der Waals surface area contributed by atoms with Gasteiger partial charge in [0.1, 0.15) is 0 Å². The molecule has 38 heavy (non-hydrogen) atoms. The molecule has 0 aromatic rings. The van der Waals surface area contributed by atoms with E-state index in [0.717, 1.165) is 49.7 Å². The first-order chi connectivity index (χ1) is 18.1. The summed E-state index contributed by atoms with van der Waals surface area (Å²) in [7, 11) is 0. The first-order valence-corrected chi connectivity index (χ1v) is 15.2. The lowest BCUT2D eigenvalue weighted by molar-refractivity contribution is -0.129. The van der Waals surface area contributed by atoms with Gasteiger partial charge >= 0.3 is 0 Å². The van der Waals surface area contributed by atoms with Gasteiger partial charge in [-0.25, -0.2) is 0 Å². The number of aliphatic hydroxyl groups is 3. The highest BCUT2D eigenvalue weighted by molar-refractivity contribution is 5.86. The fourth-order valence-electron chi connectivity index (χ4n) is 7.75. The summed E-state index contributed by atoms with van der Waals surface area (Å²) in [4.78, 5) is 12.8. The minimum atomic E-state index is -0.719. The predicted octanol–water partition coefficient (Wildman–Crippen LogP) is 5.77. The zero-order valence-corrected chi connectivity index (χ0v) is 23.9. The first kappa shape index (κ1) is 29.3. The van der Waals surface area contributed by atoms with Gasteiger partial charge in [-0.3, -0.25) is 4.79 Å². The SMILES string of the molecule is C=C1/C(=C\C=C2/CCC[C@@]3(C)C2CC[C@@H]3[C@H](C)/C=C/C(O)C2(C(=O)NCCCCC)CC2)C[C@@H](O)C[C@@H]1O. The van der Waals surface area contributed by atoms with E-state index in [1.54, 1.807) is 0 Å². The van der Waals surface area contributed by atoms with Gasteiger partial charge in [0, 0.05) is 13.0 Å². The Labute approximate surface area is 230 Å². The van der Waals surface area contributed by atoms with E-state index in [4.69, 9.17) is 0 Å². The molecule has 4 saturated carbocycles. The van der Waals surface area contributed by atoms with Gasteiger partial charge < -0.3 is 20.6 Å². The Kier molecular flexibility index (Phi) is 9.43. The Bertz CT molecular complexity index is 960. The number of hydrogen-bond acceptors (Lipinski definition) is 4. The van der Waals surface area contributed by atoms with Crippen LogP contribution in [-0.2, 0) is 4.79 Å². The van der Waals surface area contributed by atoms with Crippen LogP contribution in [0.25, 0.3) is 0 Å². The van der Waals surface area contributed by atoms with Crippen molar-refractivity contribution in [2.75, 3.05) is 6.54 Å². The van der Waals surface area contributed by atoms with Crippen molar-refractivity contribution in [3.05, 3.63) is 47.6 Å². The molecule has 0 aromatic heterocycles. The second kappa shape index (κ2) is 12.2. The van der Waals surface area contributed by atoms with E-state index in [1.807, 2.05) is 6.08 Å². The molecule has 4 fully saturated rings. The molecule has 4 rings (SSSR count). The molecule has 212 valence electrons. The van der Waals surface area contributed by atoms with E-state index >= 15 is 0 Å². The quantitative estimate of drug-likeness (QED) is 0.215. The molecule has 0 spiro atoms. The Hall–Kier alpha value is -1.69. The lowest BCUT2D eigenvalue weighted by atomic mass is 9.61. The summed E-state index contributed by atoms with van der Waals surface area (Å²) < 4.78 is 0. The summed E-state index contributed by atoms with van der Waals surface area (Å²) in [5.74, 6) is 1.43. The molecule has 5 nitrogen and oxygen atoms in total. The lowest BCUT2D eigenvalue weighted by Gasteiger charge is -2.44. The molecule has 0 bridgehead atoms. The number of unbranched alkanes of at least 4 members (excludes halogenated alkanes) is 2. The highest BCUT2D eigenvalue weighted by Gasteiger charge is 2.55. The van der Waals surface area contributed by atoms with Crippen molar-refractivity contribution in [2.24, 2.45) is 28.6 Å². The van der Waals surface area contributed by atoms with Gasteiger partial charge in [-0.2, -0.15) is 0 Å². The van der Waals surface area contributed by atoms with Gasteiger partial charge in [0.15, 0.2) is 0 Å². The van der Waals surface area contributed by atoms with Gasteiger partial charge in [0.05, 0.1) is 23.7 Å². The third-order valence-electron chi connectivity index (χ3n) is 10.4. The topological polar surface area (TPSA) is 89.8 Å². The smallest absolute Gasteiger partial charge is 0.229 e. The van der Waals surface area contributed by atoms with Crippen molar-refractivity contribution < 1.29 is 20.1 Å². The molecule has 0 saturated heterocycles. The molecule has 7 atom stereocenters. The van der Waals surface area contributed by atoms with E-state index < -0.39 is 23.7 Å². The van der Waals surface area contributed by atoms with Crippen molar-refractivity contribution >= 4 is 5.91 Å². The predicted molar refractivity (Wildman–Crippen MR) is 153 cm³/mol. The minimum Gasteiger partial charge on any atom is -0.393 e. The average molecular weight is 526 g/mol. The zero-order valence-electron chi connectivity index (χ0n) is 23.9. The number of amides is 1. The van der Waals surface area contributed by atoms with E-state index in [9.17, 15) is 20.1 Å². The normalized spacial score (nSPS) is 36.4. The van der Waals surface area contributed by atoms with E-state index in [1.165, 1.54) is 31.3 Å². The molecular weight excluding hydrogens is 474 g/mol. The van der Waals surface area contributed by atoms with Gasteiger partial charge in [-0.05, 0) is 92.1 Å². The number of carbonyl (C=O) groups excluding carboxylic acids is 1. The number of rotatable bonds is 10. The standard InChI is InChI=1S/C33H51NO4/c1-5-6-7-19-34-31(38)33(17-18-33)30(37)15-10-22(2)27-13-14-28-24(9-8-16-32(27,28)4)11-12-25-20-26(35)21-29(36)23(25)3/h10-12,15,22,26-30,35-37H,3,5-9,13-14,16-21H2,1-2,4H3,(H,34,38)/b15-10+,24-11+,25-12-/t22-,26-,27-,28?,29+,30?,32-/m1/s1. The van der Waals surface area contributed by atoms with Crippen LogP contribution in [0.15, 0.2) is 47.6 Å². The molecular formula is C33H51NO4. The molecule has 4 aliphatic rings. The third-order valence-corrected chi connectivity index (χ3v) is 10.4. The van der Waals surface area contributed by atoms with Crippen LogP contribution in [0.1, 0.15) is 97.8 Å². The van der Waals surface area contributed by atoms with Crippen LogP contribution in [-0.4, -0.2) is 46.1 Å². The van der Waals surface area contributed by atoms with Crippen LogP contribution in [0, 0.1) is 28.6 Å². The maximum Gasteiger partial charge on any atom is 0.229 e. The van der Waals surface area contributed by atoms with Crippen LogP contribution in [0.2, 0.25) is 0 Å². The van der Waals surface area contributed by atoms with Crippen LogP contribution in [0.3, 0.4) is 0 Å². The summed E-state index contributed by atoms with van der Waals surface area (Å²) in [6.45, 7) is 11.7. The van der Waals surface area contributed by atoms with Crippen LogP contribution in [0.5, 0.6) is 0 Å². The van der Waals surface area contributed by atoms with Crippen LogP contribution < -0.4 is 5.32 Å². The molecule has 4 aliphatic carbocycles. The first-order valence-electron chi connectivity index (χ1n) is 15.2. The lowest BCUT2D eigenvalue weighted by Crippen LogP contribution is -2.39. The van der Waals surface area contributed by atoms with Crippen molar-refractivity contribution in [3.8, 4) is 0 Å². The highest BCUT2D eigenvalue weighted by atomic mass is 16.3. The van der Waals surface area contributed by atoms with Gasteiger partial charge in [0.2, 0.25) is 5.91 Å². The maximum absolute atomic E-state index is 12.8. The Morgan fingerprint density at radius 1 is 1.16 bits per heavy atom. The van der Waals surface area contributed by atoms with Crippen molar-refractivity contribution in [3.63, 3.8) is 0 Å². The molecule has 0 aromatic carbocycles. The largest absolute Gasteiger partial charge is 0.393 e. The number of fused-ring (bicyclic) bond motifs is 1. The van der Waals surface area contributed by atoms with Crippen molar-refractivity contribution in [1.29, 1.82) is 0 Å². The van der Waals surface area contributed by atoms with Crippen molar-refractivity contribution in [1.82, 2.24) is 5.32 Å². The zero-order chi connectivity index (χ0) is 27.5. The van der Waals surface area contributed by atoms with E-state index in [2.05, 4.69) is 50.9 Å². The minimum absolute atomic E-state index is 0.0168. The fourth-order valence-corrected chi connectivity index (χ4v) is 7.75. The second-order valence-corrected chi connectivity index (χ2v) is 13.0. The number of hydrogen-bond donors (Lipinski definition) is 4. The van der Waals surface area contributed by atoms with E-state index in [0.29, 0.717) is 37.1 Å². The maximum atomic E-state index is 12.8. The average Bonchev–Trinajstić information content (AvgIpc) is 3.62. The van der Waals surface area contributed by atoms with Crippen molar-refractivity contribution in [2.45, 2.75) is 116 Å². The van der Waals surface area contributed by atoms with Gasteiger partial charge in [0.25, 0.3) is 0 Å². The van der Waals surface area contributed by atoms with Crippen LogP contribution in [0.4, 0.5) is 0 Å². The molecule has 0 heterocycles. The van der Waals surface area contributed by atoms with Gasteiger partial charge in [-0.1, -0.05) is 70.1 Å².